The molecule has 1 atom stereocenters. The van der Waals surface area contributed by atoms with E-state index in [2.05, 4.69) is 17.6 Å². The van der Waals surface area contributed by atoms with Crippen LogP contribution in [0, 0.1) is 6.92 Å². The first kappa shape index (κ1) is 14.8. The van der Waals surface area contributed by atoms with Crippen molar-refractivity contribution in [2.24, 2.45) is 0 Å². The molecule has 0 saturated carbocycles. The Balaban J connectivity index is 2.39. The third kappa shape index (κ3) is 4.53. The monoisotopic (exact) mass is 252 g/mol. The number of hydrogen-bond donors (Lipinski definition) is 2. The molecule has 2 N–H and O–H groups in total. The average Bonchev–Trinajstić information content (AvgIpc) is 2.72. The predicted octanol–water partition coefficient (Wildman–Crippen LogP) is 2.54. The molecule has 1 aromatic rings. The van der Waals surface area contributed by atoms with Crippen LogP contribution in [-0.2, 0) is 4.79 Å². The molecule has 4 nitrogen and oxygen atoms in total. The van der Waals surface area contributed by atoms with Crippen molar-refractivity contribution in [3.63, 3.8) is 0 Å². The molecule has 1 heterocycles. The molecule has 1 amide bonds. The van der Waals surface area contributed by atoms with Crippen LogP contribution >= 0.6 is 0 Å². The molecule has 0 aliphatic carbocycles. The van der Waals surface area contributed by atoms with Gasteiger partial charge in [-0.2, -0.15) is 0 Å². The molecule has 0 aromatic carbocycles. The Morgan fingerprint density at radius 2 is 2.11 bits per heavy atom. The molecule has 0 spiro atoms. The fourth-order valence-electron chi connectivity index (χ4n) is 1.54. The van der Waals surface area contributed by atoms with Gasteiger partial charge in [0, 0.05) is 5.54 Å². The minimum Gasteiger partial charge on any atom is -0.465 e. The van der Waals surface area contributed by atoms with Gasteiger partial charge >= 0.3 is 0 Å². The number of furan rings is 1. The first-order valence-electron chi connectivity index (χ1n) is 6.45. The largest absolute Gasteiger partial charge is 0.465 e. The van der Waals surface area contributed by atoms with Crippen LogP contribution in [0.2, 0.25) is 0 Å². The van der Waals surface area contributed by atoms with E-state index in [4.69, 9.17) is 4.42 Å². The summed E-state index contributed by atoms with van der Waals surface area (Å²) in [5.41, 5.74) is -0.150. The highest BCUT2D eigenvalue weighted by Crippen LogP contribution is 2.15. The maximum atomic E-state index is 11.8. The van der Waals surface area contributed by atoms with Crippen molar-refractivity contribution < 1.29 is 9.21 Å². The maximum absolute atomic E-state index is 11.8. The first-order chi connectivity index (χ1) is 8.34. The molecule has 0 radical (unpaired) electrons. The third-order valence-electron chi connectivity index (χ3n) is 3.12. The van der Waals surface area contributed by atoms with Gasteiger partial charge < -0.3 is 9.73 Å². The van der Waals surface area contributed by atoms with Crippen LogP contribution in [0.15, 0.2) is 16.5 Å². The van der Waals surface area contributed by atoms with Gasteiger partial charge in [-0.15, -0.1) is 0 Å². The van der Waals surface area contributed by atoms with E-state index in [1.807, 2.05) is 39.8 Å². The van der Waals surface area contributed by atoms with Gasteiger partial charge in [-0.05, 0) is 46.2 Å². The van der Waals surface area contributed by atoms with Crippen molar-refractivity contribution in [3.05, 3.63) is 23.7 Å². The second-order valence-corrected chi connectivity index (χ2v) is 5.34. The van der Waals surface area contributed by atoms with E-state index >= 15 is 0 Å². The highest BCUT2D eigenvalue weighted by atomic mass is 16.3. The summed E-state index contributed by atoms with van der Waals surface area (Å²) in [4.78, 5) is 11.8. The van der Waals surface area contributed by atoms with Gasteiger partial charge in [0.15, 0.2) is 0 Å². The SMILES string of the molecule is CCC(C)(C)NC(=O)CNC(C)c1ccc(C)o1. The summed E-state index contributed by atoms with van der Waals surface area (Å²) in [7, 11) is 0. The Labute approximate surface area is 109 Å². The van der Waals surface area contributed by atoms with Crippen LogP contribution in [0.1, 0.15) is 51.7 Å². The summed E-state index contributed by atoms with van der Waals surface area (Å²) in [6, 6.07) is 3.89. The van der Waals surface area contributed by atoms with Crippen molar-refractivity contribution in [1.82, 2.24) is 10.6 Å². The summed E-state index contributed by atoms with van der Waals surface area (Å²) < 4.78 is 5.51. The van der Waals surface area contributed by atoms with Crippen LogP contribution in [0.3, 0.4) is 0 Å². The number of carbonyl (C=O) groups is 1. The molecule has 0 saturated heterocycles. The highest BCUT2D eigenvalue weighted by molar-refractivity contribution is 5.78. The lowest BCUT2D eigenvalue weighted by Crippen LogP contribution is -2.46. The van der Waals surface area contributed by atoms with E-state index in [1.54, 1.807) is 0 Å². The average molecular weight is 252 g/mol. The van der Waals surface area contributed by atoms with Crippen molar-refractivity contribution >= 4 is 5.91 Å². The Bertz CT molecular complexity index is 396. The number of rotatable bonds is 6. The molecule has 18 heavy (non-hydrogen) atoms. The Morgan fingerprint density at radius 3 is 2.61 bits per heavy atom. The van der Waals surface area contributed by atoms with Crippen molar-refractivity contribution in [3.8, 4) is 0 Å². The second-order valence-electron chi connectivity index (χ2n) is 5.34. The summed E-state index contributed by atoms with van der Waals surface area (Å²) in [6.07, 6.45) is 0.908. The molecule has 1 aromatic heterocycles. The number of aryl methyl sites for hydroxylation is 1. The zero-order valence-electron chi connectivity index (χ0n) is 12.0. The van der Waals surface area contributed by atoms with Gasteiger partial charge in [0.25, 0.3) is 0 Å². The van der Waals surface area contributed by atoms with E-state index in [0.29, 0.717) is 6.54 Å². The fraction of sp³-hybridized carbons (Fsp3) is 0.643. The zero-order chi connectivity index (χ0) is 13.8. The van der Waals surface area contributed by atoms with Crippen LogP contribution in [-0.4, -0.2) is 18.0 Å². The molecule has 0 fully saturated rings. The Morgan fingerprint density at radius 1 is 1.44 bits per heavy atom. The number of hydrogen-bond acceptors (Lipinski definition) is 3. The molecule has 4 heteroatoms. The summed E-state index contributed by atoms with van der Waals surface area (Å²) >= 11 is 0. The third-order valence-corrected chi connectivity index (χ3v) is 3.12. The molecular weight excluding hydrogens is 228 g/mol. The second kappa shape index (κ2) is 6.05. The van der Waals surface area contributed by atoms with Gasteiger partial charge in [-0.3, -0.25) is 10.1 Å². The number of nitrogens with one attached hydrogen (secondary N) is 2. The molecule has 102 valence electrons. The number of amides is 1. The van der Waals surface area contributed by atoms with Gasteiger partial charge in [-0.1, -0.05) is 6.92 Å². The number of carbonyl (C=O) groups excluding carboxylic acids is 1. The summed E-state index contributed by atoms with van der Waals surface area (Å²) in [5.74, 6) is 1.75. The van der Waals surface area contributed by atoms with Crippen molar-refractivity contribution in [2.45, 2.75) is 52.6 Å². The molecule has 1 unspecified atom stereocenters. The van der Waals surface area contributed by atoms with Gasteiger partial charge in [-0.25, -0.2) is 0 Å². The van der Waals surface area contributed by atoms with Crippen molar-refractivity contribution in [1.29, 1.82) is 0 Å². The highest BCUT2D eigenvalue weighted by Gasteiger charge is 2.18. The van der Waals surface area contributed by atoms with E-state index < -0.39 is 0 Å². The first-order valence-corrected chi connectivity index (χ1v) is 6.45. The molecule has 0 aliphatic rings. The topological polar surface area (TPSA) is 54.3 Å². The standard InChI is InChI=1S/C14H24N2O2/c1-6-14(4,5)16-13(17)9-15-11(3)12-8-7-10(2)18-12/h7-8,11,15H,6,9H2,1-5H3,(H,16,17). The van der Waals surface area contributed by atoms with Crippen molar-refractivity contribution in [2.75, 3.05) is 6.54 Å². The smallest absolute Gasteiger partial charge is 0.234 e. The summed E-state index contributed by atoms with van der Waals surface area (Å²) in [6.45, 7) is 10.3. The summed E-state index contributed by atoms with van der Waals surface area (Å²) in [5, 5.41) is 6.14. The quantitative estimate of drug-likeness (QED) is 0.818. The molecule has 0 bridgehead atoms. The van der Waals surface area contributed by atoms with E-state index in [0.717, 1.165) is 17.9 Å². The molecule has 0 aliphatic heterocycles. The zero-order valence-corrected chi connectivity index (χ0v) is 12.0. The molecular formula is C14H24N2O2. The van der Waals surface area contributed by atoms with E-state index in [1.165, 1.54) is 0 Å². The van der Waals surface area contributed by atoms with Crippen LogP contribution in [0.5, 0.6) is 0 Å². The van der Waals surface area contributed by atoms with Crippen LogP contribution in [0.4, 0.5) is 0 Å². The predicted molar refractivity (Wildman–Crippen MR) is 72.4 cm³/mol. The lowest BCUT2D eigenvalue weighted by molar-refractivity contribution is -0.122. The Kier molecular flexibility index (Phi) is 4.96. The van der Waals surface area contributed by atoms with Gasteiger partial charge in [0.2, 0.25) is 5.91 Å². The lowest BCUT2D eigenvalue weighted by Gasteiger charge is -2.25. The minimum atomic E-state index is -0.150. The van der Waals surface area contributed by atoms with Crippen LogP contribution < -0.4 is 10.6 Å². The normalized spacial score (nSPS) is 13.4. The lowest BCUT2D eigenvalue weighted by atomic mass is 10.0. The van der Waals surface area contributed by atoms with E-state index in [9.17, 15) is 4.79 Å². The molecule has 1 rings (SSSR count). The Hall–Kier alpha value is -1.29. The van der Waals surface area contributed by atoms with E-state index in [-0.39, 0.29) is 17.5 Å². The van der Waals surface area contributed by atoms with Gasteiger partial charge in [0.05, 0.1) is 12.6 Å². The minimum absolute atomic E-state index is 0.0111. The van der Waals surface area contributed by atoms with Gasteiger partial charge in [0.1, 0.15) is 11.5 Å². The van der Waals surface area contributed by atoms with Crippen LogP contribution in [0.25, 0.3) is 0 Å². The fourth-order valence-corrected chi connectivity index (χ4v) is 1.54. The maximum Gasteiger partial charge on any atom is 0.234 e.